The van der Waals surface area contributed by atoms with Crippen molar-refractivity contribution in [3.05, 3.63) is 53.9 Å². The first-order chi connectivity index (χ1) is 13.2. The largest absolute Gasteiger partial charge is 0.356 e. The highest BCUT2D eigenvalue weighted by Gasteiger charge is 2.24. The zero-order valence-corrected chi connectivity index (χ0v) is 19.3. The van der Waals surface area contributed by atoms with Gasteiger partial charge in [-0.25, -0.2) is 0 Å². The van der Waals surface area contributed by atoms with E-state index in [-0.39, 0.29) is 24.0 Å². The van der Waals surface area contributed by atoms with E-state index in [1.54, 1.807) is 0 Å². The summed E-state index contributed by atoms with van der Waals surface area (Å²) in [4.78, 5) is 6.94. The maximum absolute atomic E-state index is 4.36. The van der Waals surface area contributed by atoms with Crippen LogP contribution in [0, 0.1) is 6.92 Å². The van der Waals surface area contributed by atoms with Gasteiger partial charge in [-0.05, 0) is 43.9 Å². The molecule has 0 saturated carbocycles. The molecule has 0 amide bonds. The summed E-state index contributed by atoms with van der Waals surface area (Å²) < 4.78 is 1.99. The van der Waals surface area contributed by atoms with Crippen molar-refractivity contribution >= 4 is 29.9 Å². The van der Waals surface area contributed by atoms with Crippen LogP contribution in [0.3, 0.4) is 0 Å². The third-order valence-electron chi connectivity index (χ3n) is 5.08. The minimum Gasteiger partial charge on any atom is -0.356 e. The number of hydrogen-bond donors (Lipinski definition) is 2. The average Bonchev–Trinajstić information content (AvgIpc) is 3.31. The topological polar surface area (TPSA) is 57.5 Å². The van der Waals surface area contributed by atoms with Gasteiger partial charge in [0.05, 0.1) is 6.20 Å². The summed E-state index contributed by atoms with van der Waals surface area (Å²) in [6.45, 7) is 7.02. The van der Waals surface area contributed by atoms with Gasteiger partial charge in [0.2, 0.25) is 0 Å². The number of benzene rings is 1. The van der Waals surface area contributed by atoms with Gasteiger partial charge < -0.3 is 10.6 Å². The molecule has 0 spiro atoms. The van der Waals surface area contributed by atoms with Gasteiger partial charge >= 0.3 is 0 Å². The van der Waals surface area contributed by atoms with Gasteiger partial charge in [-0.1, -0.05) is 30.3 Å². The Morgan fingerprint density at radius 2 is 2.07 bits per heavy atom. The molecule has 0 aliphatic carbocycles. The molecule has 1 unspecified atom stereocenters. The minimum atomic E-state index is 0. The van der Waals surface area contributed by atoms with Crippen LogP contribution in [0.15, 0.2) is 47.7 Å². The molecule has 1 aromatic carbocycles. The highest BCUT2D eigenvalue weighted by molar-refractivity contribution is 14.0. The van der Waals surface area contributed by atoms with Crippen LogP contribution < -0.4 is 10.6 Å². The molecule has 1 atom stereocenters. The Labute approximate surface area is 185 Å². The molecule has 2 heterocycles. The van der Waals surface area contributed by atoms with E-state index in [1.165, 1.54) is 30.5 Å². The molecule has 1 aromatic heterocycles. The predicted octanol–water partition coefficient (Wildman–Crippen LogP) is 3.03. The number of aryl methyl sites for hydroxylation is 2. The molecule has 1 fully saturated rings. The highest BCUT2D eigenvalue weighted by Crippen LogP contribution is 2.19. The molecule has 6 nitrogen and oxygen atoms in total. The Hall–Kier alpha value is -1.61. The van der Waals surface area contributed by atoms with E-state index in [0.717, 1.165) is 38.6 Å². The number of aliphatic imine (C=N–C) groups is 1. The van der Waals surface area contributed by atoms with Gasteiger partial charge in [0.25, 0.3) is 0 Å². The molecule has 1 aliphatic heterocycles. The van der Waals surface area contributed by atoms with E-state index >= 15 is 0 Å². The van der Waals surface area contributed by atoms with Gasteiger partial charge in [0.15, 0.2) is 5.96 Å². The summed E-state index contributed by atoms with van der Waals surface area (Å²) in [5, 5.41) is 11.2. The van der Waals surface area contributed by atoms with E-state index in [4.69, 9.17) is 0 Å². The van der Waals surface area contributed by atoms with Crippen molar-refractivity contribution in [3.8, 4) is 0 Å². The normalized spacial score (nSPS) is 17.4. The van der Waals surface area contributed by atoms with Gasteiger partial charge in [-0.3, -0.25) is 14.6 Å². The number of aromatic nitrogens is 2. The van der Waals surface area contributed by atoms with Crippen LogP contribution in [0.5, 0.6) is 0 Å². The Kier molecular flexibility index (Phi) is 9.77. The van der Waals surface area contributed by atoms with Crippen LogP contribution in [0.2, 0.25) is 0 Å². The second kappa shape index (κ2) is 12.1. The van der Waals surface area contributed by atoms with Crippen molar-refractivity contribution in [1.29, 1.82) is 0 Å². The maximum atomic E-state index is 4.36. The minimum absolute atomic E-state index is 0. The molecular weight excluding hydrogens is 463 g/mol. The SMILES string of the molecule is CN=C(NCCCn1cc(C)cn1)NCC1CCCN1Cc1ccccc1.I. The van der Waals surface area contributed by atoms with E-state index in [9.17, 15) is 0 Å². The van der Waals surface area contributed by atoms with Crippen LogP contribution >= 0.6 is 24.0 Å². The number of nitrogens with one attached hydrogen (secondary N) is 2. The summed E-state index contributed by atoms with van der Waals surface area (Å²) in [5.74, 6) is 0.887. The second-order valence-corrected chi connectivity index (χ2v) is 7.27. The Balaban J connectivity index is 0.00000280. The van der Waals surface area contributed by atoms with Crippen LogP contribution in [-0.4, -0.2) is 53.4 Å². The van der Waals surface area contributed by atoms with E-state index in [2.05, 4.69) is 69.1 Å². The van der Waals surface area contributed by atoms with E-state index < -0.39 is 0 Å². The van der Waals surface area contributed by atoms with Crippen molar-refractivity contribution in [2.45, 2.75) is 45.3 Å². The number of rotatable bonds is 8. The third-order valence-corrected chi connectivity index (χ3v) is 5.08. The van der Waals surface area contributed by atoms with Crippen molar-refractivity contribution in [2.24, 2.45) is 4.99 Å². The fraction of sp³-hybridized carbons (Fsp3) is 0.524. The summed E-state index contributed by atoms with van der Waals surface area (Å²) in [5.41, 5.74) is 2.60. The van der Waals surface area contributed by atoms with Crippen LogP contribution in [0.4, 0.5) is 0 Å². The van der Waals surface area contributed by atoms with E-state index in [1.807, 2.05) is 17.9 Å². The zero-order valence-electron chi connectivity index (χ0n) is 17.0. The number of hydrogen-bond acceptors (Lipinski definition) is 3. The zero-order chi connectivity index (χ0) is 18.9. The van der Waals surface area contributed by atoms with Crippen molar-refractivity contribution in [3.63, 3.8) is 0 Å². The summed E-state index contributed by atoms with van der Waals surface area (Å²) >= 11 is 0. The molecule has 154 valence electrons. The highest BCUT2D eigenvalue weighted by atomic mass is 127. The monoisotopic (exact) mass is 496 g/mol. The van der Waals surface area contributed by atoms with Crippen molar-refractivity contribution in [2.75, 3.05) is 26.7 Å². The fourth-order valence-electron chi connectivity index (χ4n) is 3.62. The molecule has 28 heavy (non-hydrogen) atoms. The van der Waals surface area contributed by atoms with Crippen molar-refractivity contribution in [1.82, 2.24) is 25.3 Å². The number of likely N-dealkylation sites (tertiary alicyclic amines) is 1. The van der Waals surface area contributed by atoms with Gasteiger partial charge in [0, 0.05) is 45.5 Å². The van der Waals surface area contributed by atoms with E-state index in [0.29, 0.717) is 6.04 Å². The Morgan fingerprint density at radius 1 is 1.25 bits per heavy atom. The lowest BCUT2D eigenvalue weighted by Crippen LogP contribution is -2.45. The summed E-state index contributed by atoms with van der Waals surface area (Å²) in [6, 6.07) is 11.3. The number of nitrogens with zero attached hydrogens (tertiary/aromatic N) is 4. The van der Waals surface area contributed by atoms with Gasteiger partial charge in [-0.15, -0.1) is 24.0 Å². The molecule has 0 bridgehead atoms. The molecule has 2 aromatic rings. The molecule has 1 aliphatic rings. The predicted molar refractivity (Wildman–Crippen MR) is 126 cm³/mol. The molecule has 7 heteroatoms. The number of halogens is 1. The molecular formula is C21H33IN6. The smallest absolute Gasteiger partial charge is 0.191 e. The molecule has 0 radical (unpaired) electrons. The summed E-state index contributed by atoms with van der Waals surface area (Å²) in [7, 11) is 1.84. The Bertz CT molecular complexity index is 715. The molecule has 1 saturated heterocycles. The van der Waals surface area contributed by atoms with Gasteiger partial charge in [0.1, 0.15) is 0 Å². The van der Waals surface area contributed by atoms with Crippen LogP contribution in [0.25, 0.3) is 0 Å². The first-order valence-electron chi connectivity index (χ1n) is 9.96. The number of guanidine groups is 1. The fourth-order valence-corrected chi connectivity index (χ4v) is 3.62. The lowest BCUT2D eigenvalue weighted by atomic mass is 10.2. The first-order valence-corrected chi connectivity index (χ1v) is 9.96. The standard InChI is InChI=1S/C21H32N6.HI/c1-18-14-25-27(16-18)13-7-11-23-21(22-2)24-15-20-10-6-12-26(20)17-19-8-4-3-5-9-19;/h3-5,8-9,14,16,20H,6-7,10-13,15,17H2,1-2H3,(H2,22,23,24);1H. The van der Waals surface area contributed by atoms with Crippen LogP contribution in [-0.2, 0) is 13.1 Å². The lowest BCUT2D eigenvalue weighted by molar-refractivity contribution is 0.245. The molecule has 3 rings (SSSR count). The quantitative estimate of drug-likeness (QED) is 0.255. The Morgan fingerprint density at radius 3 is 2.79 bits per heavy atom. The van der Waals surface area contributed by atoms with Crippen LogP contribution in [0.1, 0.15) is 30.4 Å². The first kappa shape index (κ1) is 22.7. The second-order valence-electron chi connectivity index (χ2n) is 7.27. The average molecular weight is 496 g/mol. The third kappa shape index (κ3) is 7.09. The van der Waals surface area contributed by atoms with Gasteiger partial charge in [-0.2, -0.15) is 5.10 Å². The summed E-state index contributed by atoms with van der Waals surface area (Å²) in [6.07, 6.45) is 7.51. The maximum Gasteiger partial charge on any atom is 0.191 e. The van der Waals surface area contributed by atoms with Crippen molar-refractivity contribution < 1.29 is 0 Å². The molecule has 2 N–H and O–H groups in total. The lowest BCUT2D eigenvalue weighted by Gasteiger charge is -2.25.